The van der Waals surface area contributed by atoms with Crippen molar-refractivity contribution in [1.82, 2.24) is 9.88 Å². The number of carboxylic acid groups (broad SMARTS) is 1. The molecule has 2 N–H and O–H groups in total. The molecule has 3 rings (SSSR count). The van der Waals surface area contributed by atoms with Crippen LogP contribution in [-0.2, 0) is 4.74 Å². The number of H-pyrrole nitrogens is 1. The van der Waals surface area contributed by atoms with Gasteiger partial charge in [-0.25, -0.2) is 9.59 Å². The van der Waals surface area contributed by atoms with E-state index in [0.717, 1.165) is 23.7 Å². The highest BCUT2D eigenvalue weighted by Crippen LogP contribution is 2.25. The van der Waals surface area contributed by atoms with Crippen molar-refractivity contribution in [3.8, 4) is 5.75 Å². The van der Waals surface area contributed by atoms with E-state index in [0.29, 0.717) is 18.8 Å². The summed E-state index contributed by atoms with van der Waals surface area (Å²) in [5, 5.41) is 9.85. The summed E-state index contributed by atoms with van der Waals surface area (Å²) in [4.78, 5) is 27.7. The molecule has 0 bridgehead atoms. The van der Waals surface area contributed by atoms with Gasteiger partial charge >= 0.3 is 12.1 Å². The number of rotatable bonds is 3. The van der Waals surface area contributed by atoms with Gasteiger partial charge in [0.1, 0.15) is 23.1 Å². The number of hydrogen-bond donors (Lipinski definition) is 2. The van der Waals surface area contributed by atoms with Gasteiger partial charge in [-0.05, 0) is 45.0 Å². The smallest absolute Gasteiger partial charge is 0.410 e. The van der Waals surface area contributed by atoms with Gasteiger partial charge in [0.25, 0.3) is 0 Å². The number of carboxylic acids is 1. The number of carbonyl (C=O) groups excluding carboxylic acids is 1. The zero-order valence-corrected chi connectivity index (χ0v) is 15.2. The number of piperidine rings is 1. The van der Waals surface area contributed by atoms with Gasteiger partial charge in [-0.3, -0.25) is 0 Å². The van der Waals surface area contributed by atoms with Crippen LogP contribution in [0.1, 0.15) is 44.1 Å². The van der Waals surface area contributed by atoms with Crippen molar-refractivity contribution in [2.24, 2.45) is 0 Å². The fourth-order valence-electron chi connectivity index (χ4n) is 2.97. The number of carbonyl (C=O) groups is 2. The molecule has 0 radical (unpaired) electrons. The first-order valence-electron chi connectivity index (χ1n) is 8.72. The lowest BCUT2D eigenvalue weighted by atomic mass is 10.1. The Morgan fingerprint density at radius 1 is 1.19 bits per heavy atom. The minimum Gasteiger partial charge on any atom is -0.490 e. The number of hydrogen-bond acceptors (Lipinski definition) is 4. The number of ether oxygens (including phenoxy) is 2. The van der Waals surface area contributed by atoms with Crippen LogP contribution in [0.15, 0.2) is 24.3 Å². The van der Waals surface area contributed by atoms with E-state index < -0.39 is 11.6 Å². The number of likely N-dealkylation sites (tertiary alicyclic amines) is 1. The van der Waals surface area contributed by atoms with Gasteiger partial charge in [0.05, 0.1) is 0 Å². The van der Waals surface area contributed by atoms with Crippen LogP contribution < -0.4 is 4.74 Å². The molecule has 0 saturated carbocycles. The second-order valence-electron chi connectivity index (χ2n) is 7.52. The standard InChI is InChI=1S/C19H24N2O5/c1-19(2,3)26-18(24)21-8-6-13(7-9-21)25-14-4-5-15-12(10-14)11-16(20-15)17(22)23/h4-5,10-11,13,20H,6-9H2,1-3H3,(H,22,23). The molecular weight excluding hydrogens is 336 g/mol. The van der Waals surface area contributed by atoms with Crippen molar-refractivity contribution in [3.05, 3.63) is 30.0 Å². The first kappa shape index (κ1) is 18.1. The normalized spacial score (nSPS) is 15.9. The van der Waals surface area contributed by atoms with Crippen LogP contribution in [-0.4, -0.2) is 51.8 Å². The fourth-order valence-corrected chi connectivity index (χ4v) is 2.97. The zero-order chi connectivity index (χ0) is 18.9. The van der Waals surface area contributed by atoms with Crippen molar-refractivity contribution in [3.63, 3.8) is 0 Å². The molecule has 0 spiro atoms. The summed E-state index contributed by atoms with van der Waals surface area (Å²) in [6.45, 7) is 6.75. The van der Waals surface area contributed by atoms with E-state index in [1.165, 1.54) is 0 Å². The monoisotopic (exact) mass is 360 g/mol. The molecule has 140 valence electrons. The number of aromatic carboxylic acids is 1. The minimum atomic E-state index is -0.988. The number of fused-ring (bicyclic) bond motifs is 1. The molecule has 1 aliphatic heterocycles. The Kier molecular flexibility index (Phi) is 4.80. The maximum atomic E-state index is 12.1. The molecule has 2 heterocycles. The number of nitrogens with one attached hydrogen (secondary N) is 1. The quantitative estimate of drug-likeness (QED) is 0.872. The molecule has 26 heavy (non-hydrogen) atoms. The van der Waals surface area contributed by atoms with E-state index in [2.05, 4.69) is 4.98 Å². The number of benzene rings is 1. The lowest BCUT2D eigenvalue weighted by Crippen LogP contribution is -2.44. The molecule has 1 aromatic carbocycles. The summed E-state index contributed by atoms with van der Waals surface area (Å²) in [6, 6.07) is 7.06. The van der Waals surface area contributed by atoms with Crippen LogP contribution >= 0.6 is 0 Å². The predicted octanol–water partition coefficient (Wildman–Crippen LogP) is 3.64. The van der Waals surface area contributed by atoms with Crippen molar-refractivity contribution >= 4 is 23.0 Å². The van der Waals surface area contributed by atoms with E-state index in [-0.39, 0.29) is 17.9 Å². The van der Waals surface area contributed by atoms with Gasteiger partial charge in [0.2, 0.25) is 0 Å². The van der Waals surface area contributed by atoms with Crippen LogP contribution in [0.3, 0.4) is 0 Å². The number of amides is 1. The number of aromatic nitrogens is 1. The maximum absolute atomic E-state index is 12.1. The van der Waals surface area contributed by atoms with Crippen LogP contribution in [0.2, 0.25) is 0 Å². The molecule has 1 aromatic heterocycles. The second-order valence-corrected chi connectivity index (χ2v) is 7.52. The average Bonchev–Trinajstić information content (AvgIpc) is 2.97. The Hall–Kier alpha value is -2.70. The third-order valence-electron chi connectivity index (χ3n) is 4.22. The average molecular weight is 360 g/mol. The van der Waals surface area contributed by atoms with Crippen molar-refractivity contribution in [2.45, 2.75) is 45.3 Å². The molecule has 0 aliphatic carbocycles. The highest BCUT2D eigenvalue weighted by atomic mass is 16.6. The highest BCUT2D eigenvalue weighted by Gasteiger charge is 2.27. The predicted molar refractivity (Wildman–Crippen MR) is 96.7 cm³/mol. The molecule has 1 aliphatic rings. The Labute approximate surface area is 151 Å². The molecule has 7 heteroatoms. The lowest BCUT2D eigenvalue weighted by molar-refractivity contribution is 0.0126. The van der Waals surface area contributed by atoms with Crippen molar-refractivity contribution in [1.29, 1.82) is 0 Å². The topological polar surface area (TPSA) is 91.9 Å². The van der Waals surface area contributed by atoms with Gasteiger partial charge in [-0.15, -0.1) is 0 Å². The van der Waals surface area contributed by atoms with Gasteiger partial charge in [0.15, 0.2) is 0 Å². The first-order valence-corrected chi connectivity index (χ1v) is 8.72. The minimum absolute atomic E-state index is 0.0176. The van der Waals surface area contributed by atoms with Crippen molar-refractivity contribution in [2.75, 3.05) is 13.1 Å². The van der Waals surface area contributed by atoms with E-state index in [1.54, 1.807) is 11.0 Å². The SMILES string of the molecule is CC(C)(C)OC(=O)N1CCC(Oc2ccc3[nH]c(C(=O)O)cc3c2)CC1. The molecule has 0 unspecified atom stereocenters. The van der Waals surface area contributed by atoms with Gasteiger partial charge in [0, 0.05) is 36.8 Å². The van der Waals surface area contributed by atoms with Crippen molar-refractivity contribution < 1.29 is 24.2 Å². The number of aromatic amines is 1. The lowest BCUT2D eigenvalue weighted by Gasteiger charge is -2.33. The maximum Gasteiger partial charge on any atom is 0.410 e. The van der Waals surface area contributed by atoms with Crippen LogP contribution in [0.4, 0.5) is 4.79 Å². The van der Waals surface area contributed by atoms with Gasteiger partial charge in [-0.2, -0.15) is 0 Å². The zero-order valence-electron chi connectivity index (χ0n) is 15.2. The van der Waals surface area contributed by atoms with Gasteiger partial charge in [-0.1, -0.05) is 0 Å². The van der Waals surface area contributed by atoms with Crippen LogP contribution in [0.25, 0.3) is 10.9 Å². The molecule has 7 nitrogen and oxygen atoms in total. The summed E-state index contributed by atoms with van der Waals surface area (Å²) in [5.41, 5.74) is 0.419. The number of nitrogens with zero attached hydrogens (tertiary/aromatic N) is 1. The van der Waals surface area contributed by atoms with E-state index in [4.69, 9.17) is 14.6 Å². The van der Waals surface area contributed by atoms with E-state index >= 15 is 0 Å². The fraction of sp³-hybridized carbons (Fsp3) is 0.474. The third-order valence-corrected chi connectivity index (χ3v) is 4.22. The van der Waals surface area contributed by atoms with Crippen LogP contribution in [0, 0.1) is 0 Å². The second kappa shape index (κ2) is 6.90. The summed E-state index contributed by atoms with van der Waals surface area (Å²) in [6.07, 6.45) is 1.19. The Bertz CT molecular complexity index is 813. The van der Waals surface area contributed by atoms with E-state index in [1.807, 2.05) is 39.0 Å². The summed E-state index contributed by atoms with van der Waals surface area (Å²) in [7, 11) is 0. The summed E-state index contributed by atoms with van der Waals surface area (Å²) >= 11 is 0. The third kappa shape index (κ3) is 4.28. The molecule has 1 saturated heterocycles. The molecular formula is C19H24N2O5. The molecule has 1 amide bonds. The summed E-state index contributed by atoms with van der Waals surface area (Å²) in [5.74, 6) is -0.289. The van der Waals surface area contributed by atoms with E-state index in [9.17, 15) is 9.59 Å². The Balaban J connectivity index is 1.58. The first-order chi connectivity index (χ1) is 12.2. The largest absolute Gasteiger partial charge is 0.490 e. The Morgan fingerprint density at radius 2 is 1.88 bits per heavy atom. The highest BCUT2D eigenvalue weighted by molar-refractivity contribution is 5.94. The molecule has 0 atom stereocenters. The Morgan fingerprint density at radius 3 is 2.50 bits per heavy atom. The molecule has 1 fully saturated rings. The molecule has 2 aromatic rings. The van der Waals surface area contributed by atoms with Gasteiger partial charge < -0.3 is 24.5 Å². The van der Waals surface area contributed by atoms with Crippen LogP contribution in [0.5, 0.6) is 5.75 Å². The summed E-state index contributed by atoms with van der Waals surface area (Å²) < 4.78 is 11.4.